The van der Waals surface area contributed by atoms with Gasteiger partial charge in [-0.1, -0.05) is 24.3 Å². The third-order valence-corrected chi connectivity index (χ3v) is 11.7. The number of carbonyl (C=O) groups excluding carboxylic acids is 2. The van der Waals surface area contributed by atoms with Crippen LogP contribution in [-0.4, -0.2) is 101 Å². The first kappa shape index (κ1) is 39.2. The topological polar surface area (TPSA) is 159 Å². The molecule has 2 aromatic carbocycles. The number of allylic oxidation sites excluding steroid dienone is 1. The second kappa shape index (κ2) is 17.5. The van der Waals surface area contributed by atoms with Crippen molar-refractivity contribution < 1.29 is 19.1 Å². The van der Waals surface area contributed by atoms with Gasteiger partial charge in [-0.15, -0.1) is 0 Å². The Morgan fingerprint density at radius 3 is 2.19 bits per heavy atom. The molecule has 0 bridgehead atoms. The molecular weight excluding hydrogens is 733 g/mol. The van der Waals surface area contributed by atoms with Crippen molar-refractivity contribution in [1.29, 1.82) is 0 Å². The van der Waals surface area contributed by atoms with Crippen LogP contribution in [0.25, 0.3) is 22.2 Å². The summed E-state index contributed by atoms with van der Waals surface area (Å²) in [4.78, 5) is 37.7. The molecule has 0 spiro atoms. The maximum atomic E-state index is 13.7. The van der Waals surface area contributed by atoms with E-state index in [-0.39, 0.29) is 36.0 Å². The van der Waals surface area contributed by atoms with Gasteiger partial charge in [0.1, 0.15) is 6.17 Å². The number of aromatic nitrogens is 3. The summed E-state index contributed by atoms with van der Waals surface area (Å²) in [7, 11) is 0. The highest BCUT2D eigenvalue weighted by atomic mass is 16.5. The highest BCUT2D eigenvalue weighted by molar-refractivity contribution is 6.12. The summed E-state index contributed by atoms with van der Waals surface area (Å²) in [6.07, 6.45) is 7.43. The fraction of sp³-hybridized carbons (Fsp3) is 0.455. The van der Waals surface area contributed by atoms with Gasteiger partial charge in [0, 0.05) is 98.5 Å². The smallest absolute Gasteiger partial charge is 0.251 e. The number of hydrazone groups is 1. The van der Waals surface area contributed by atoms with Crippen LogP contribution in [0, 0.1) is 12.8 Å². The number of aryl methyl sites for hydroxylation is 2. The lowest BCUT2D eigenvalue weighted by molar-refractivity contribution is 0.0869. The molecule has 2 atom stereocenters. The Bertz CT molecular complexity index is 2250. The van der Waals surface area contributed by atoms with Crippen molar-refractivity contribution in [2.75, 3.05) is 44.8 Å². The number of benzene rings is 2. The first-order chi connectivity index (χ1) is 28.3. The van der Waals surface area contributed by atoms with Crippen LogP contribution < -0.4 is 21.3 Å². The Labute approximate surface area is 339 Å². The number of hydrogen-bond donors (Lipinski definition) is 4. The monoisotopic (exact) mass is 786 g/mol. The normalized spacial score (nSPS) is 20.7. The minimum absolute atomic E-state index is 0.00249. The Balaban J connectivity index is 0.967. The molecule has 0 saturated carbocycles. The van der Waals surface area contributed by atoms with E-state index in [1.165, 1.54) is 0 Å². The molecular formula is C44H54N10O4. The molecule has 4 aromatic rings. The number of pyridine rings is 1. The summed E-state index contributed by atoms with van der Waals surface area (Å²) in [5.41, 5.74) is 9.28. The van der Waals surface area contributed by atoms with Gasteiger partial charge in [-0.3, -0.25) is 19.6 Å². The predicted octanol–water partition coefficient (Wildman–Crippen LogP) is 5.44. The van der Waals surface area contributed by atoms with E-state index < -0.39 is 0 Å². The maximum absolute atomic E-state index is 13.7. The zero-order valence-electron chi connectivity index (χ0n) is 33.9. The number of fused-ring (bicyclic) bond motifs is 2. The lowest BCUT2D eigenvalue weighted by atomic mass is 9.89. The number of ether oxygens (including phenoxy) is 2. The maximum Gasteiger partial charge on any atom is 0.251 e. The van der Waals surface area contributed by atoms with Gasteiger partial charge in [-0.05, 0) is 88.8 Å². The van der Waals surface area contributed by atoms with Crippen LogP contribution in [0.1, 0.15) is 78.4 Å². The molecule has 4 aliphatic rings. The van der Waals surface area contributed by atoms with Crippen molar-refractivity contribution in [2.24, 2.45) is 16.0 Å². The molecule has 2 unspecified atom stereocenters. The molecule has 4 N–H and O–H groups in total. The molecule has 2 aromatic heterocycles. The molecule has 2 amide bonds. The molecule has 8 rings (SSSR count). The standard InChI is InChI=1S/C44H54N10O4/c1-5-53-41-37(25-47-53)39(51-33-13-17-57-18-14-33)35(27(3)49-41)23-45-43(55)31-11-7-9-29(21-31)30-10-8-12-32(22-30)44(56)46-24-36-28(4)50-42-38(26-48-54(42)6-2)40(36)52-34-15-19-58-20-16-34/h7-12,21-22,25-26,33-34,37,41,49H,5-6,13-20,23-24H2,1-4H3,(H,45,55)(H,46,56)(H,50,52). The number of aliphatic imine (C=N–C) groups is 1. The number of amides is 2. The van der Waals surface area contributed by atoms with Gasteiger partial charge in [0.2, 0.25) is 0 Å². The molecule has 2 saturated heterocycles. The van der Waals surface area contributed by atoms with E-state index in [0.717, 1.165) is 88.3 Å². The molecule has 14 heteroatoms. The predicted molar refractivity (Wildman–Crippen MR) is 226 cm³/mol. The van der Waals surface area contributed by atoms with Crippen LogP contribution in [0.15, 0.2) is 76.1 Å². The van der Waals surface area contributed by atoms with Crippen molar-refractivity contribution in [3.8, 4) is 11.1 Å². The van der Waals surface area contributed by atoms with E-state index in [2.05, 4.69) is 57.2 Å². The van der Waals surface area contributed by atoms with Crippen molar-refractivity contribution >= 4 is 40.5 Å². The fourth-order valence-electron chi connectivity index (χ4n) is 8.38. The van der Waals surface area contributed by atoms with Gasteiger partial charge in [-0.2, -0.15) is 10.2 Å². The van der Waals surface area contributed by atoms with Gasteiger partial charge >= 0.3 is 0 Å². The highest BCUT2D eigenvalue weighted by Gasteiger charge is 2.40. The number of carbonyl (C=O) groups is 2. The van der Waals surface area contributed by atoms with E-state index in [1.54, 1.807) is 0 Å². The summed E-state index contributed by atoms with van der Waals surface area (Å²) in [5, 5.41) is 26.0. The summed E-state index contributed by atoms with van der Waals surface area (Å²) in [6.45, 7) is 13.2. The van der Waals surface area contributed by atoms with Crippen LogP contribution in [0.4, 0.5) is 5.69 Å². The number of hydrogen-bond acceptors (Lipinski definition) is 11. The van der Waals surface area contributed by atoms with Gasteiger partial charge in [-0.25, -0.2) is 9.67 Å². The highest BCUT2D eigenvalue weighted by Crippen LogP contribution is 2.32. The summed E-state index contributed by atoms with van der Waals surface area (Å²) < 4.78 is 13.1. The van der Waals surface area contributed by atoms with Gasteiger partial charge in [0.05, 0.1) is 34.9 Å². The Hall–Kier alpha value is -5.60. The van der Waals surface area contributed by atoms with Gasteiger partial charge in [0.25, 0.3) is 11.8 Å². The molecule has 0 aliphatic carbocycles. The van der Waals surface area contributed by atoms with Crippen LogP contribution >= 0.6 is 0 Å². The average Bonchev–Trinajstić information content (AvgIpc) is 3.87. The minimum Gasteiger partial charge on any atom is -0.381 e. The fourth-order valence-corrected chi connectivity index (χ4v) is 8.38. The van der Waals surface area contributed by atoms with Crippen LogP contribution in [0.5, 0.6) is 0 Å². The summed E-state index contributed by atoms with van der Waals surface area (Å²) in [5.74, 6) is -0.386. The minimum atomic E-state index is -0.198. The zero-order chi connectivity index (χ0) is 40.2. The zero-order valence-corrected chi connectivity index (χ0v) is 33.9. The molecule has 6 heterocycles. The molecule has 14 nitrogen and oxygen atoms in total. The SMILES string of the molecule is CCN1N=CC2C(=NC3CCOCC3)C(CNC(=O)c3cccc(-c4cccc(C(=O)NCc5c(C)nc6c(cnn6CC)c5NC5CCOCC5)c4)c3)=C(C)NC21. The van der Waals surface area contributed by atoms with Crippen LogP contribution in [0.3, 0.4) is 0 Å². The second-order valence-electron chi connectivity index (χ2n) is 15.4. The number of nitrogens with zero attached hydrogens (tertiary/aromatic N) is 6. The first-order valence-corrected chi connectivity index (χ1v) is 20.7. The molecule has 0 radical (unpaired) electrons. The van der Waals surface area contributed by atoms with Crippen LogP contribution in [-0.2, 0) is 22.6 Å². The lowest BCUT2D eigenvalue weighted by Crippen LogP contribution is -2.52. The van der Waals surface area contributed by atoms with E-state index in [0.29, 0.717) is 57.2 Å². The van der Waals surface area contributed by atoms with Crippen molar-refractivity contribution in [3.05, 3.63) is 88.4 Å². The number of rotatable bonds is 12. The Morgan fingerprint density at radius 2 is 1.53 bits per heavy atom. The first-order valence-electron chi connectivity index (χ1n) is 20.7. The quantitative estimate of drug-likeness (QED) is 0.147. The summed E-state index contributed by atoms with van der Waals surface area (Å²) in [6, 6.07) is 15.5. The lowest BCUT2D eigenvalue weighted by Gasteiger charge is -2.36. The molecule has 4 aliphatic heterocycles. The Kier molecular flexibility index (Phi) is 11.8. The molecule has 304 valence electrons. The van der Waals surface area contributed by atoms with Crippen molar-refractivity contribution in [2.45, 2.75) is 84.7 Å². The summed E-state index contributed by atoms with van der Waals surface area (Å²) >= 11 is 0. The number of anilines is 1. The van der Waals surface area contributed by atoms with E-state index in [9.17, 15) is 9.59 Å². The molecule has 58 heavy (non-hydrogen) atoms. The third-order valence-electron chi connectivity index (χ3n) is 11.7. The van der Waals surface area contributed by atoms with Gasteiger partial charge in [0.15, 0.2) is 5.65 Å². The van der Waals surface area contributed by atoms with Gasteiger partial charge < -0.3 is 30.7 Å². The largest absolute Gasteiger partial charge is 0.381 e. The third kappa shape index (κ3) is 8.21. The van der Waals surface area contributed by atoms with E-state index in [1.807, 2.05) is 72.5 Å². The van der Waals surface area contributed by atoms with E-state index in [4.69, 9.17) is 19.5 Å². The second-order valence-corrected chi connectivity index (χ2v) is 15.4. The number of nitrogens with one attached hydrogen (secondary N) is 4. The van der Waals surface area contributed by atoms with Crippen LogP contribution in [0.2, 0.25) is 0 Å². The molecule has 2 fully saturated rings. The van der Waals surface area contributed by atoms with Crippen molar-refractivity contribution in [1.82, 2.24) is 35.7 Å². The Morgan fingerprint density at radius 1 is 0.879 bits per heavy atom. The van der Waals surface area contributed by atoms with Crippen molar-refractivity contribution in [3.63, 3.8) is 0 Å². The average molecular weight is 787 g/mol. The van der Waals surface area contributed by atoms with E-state index >= 15 is 0 Å².